The van der Waals surface area contributed by atoms with Crippen LogP contribution in [0.1, 0.15) is 25.0 Å². The van der Waals surface area contributed by atoms with Crippen LogP contribution in [0.2, 0.25) is 0 Å². The molecule has 1 N–H and O–H groups in total. The van der Waals surface area contributed by atoms with Crippen LogP contribution in [-0.2, 0) is 12.7 Å². The lowest BCUT2D eigenvalue weighted by Crippen LogP contribution is -2.48. The Labute approximate surface area is 172 Å². The molecule has 0 aliphatic carbocycles. The molecule has 1 saturated heterocycles. The van der Waals surface area contributed by atoms with Gasteiger partial charge < -0.3 is 20.0 Å². The van der Waals surface area contributed by atoms with Gasteiger partial charge >= 0.3 is 6.18 Å². The van der Waals surface area contributed by atoms with E-state index in [0.717, 1.165) is 69.5 Å². The molecule has 5 nitrogen and oxygen atoms in total. The molecule has 0 aromatic heterocycles. The fourth-order valence-electron chi connectivity index (χ4n) is 3.59. The summed E-state index contributed by atoms with van der Waals surface area (Å²) in [6, 6.07) is 5.29. The van der Waals surface area contributed by atoms with Gasteiger partial charge in [-0.1, -0.05) is 26.0 Å². The van der Waals surface area contributed by atoms with Crippen LogP contribution in [-0.4, -0.2) is 80.6 Å². The summed E-state index contributed by atoms with van der Waals surface area (Å²) in [5.41, 5.74) is 0.185. The van der Waals surface area contributed by atoms with E-state index < -0.39 is 11.7 Å². The first-order valence-corrected chi connectivity index (χ1v) is 10.3. The number of alkyl halides is 3. The topological polar surface area (TPSA) is 34.1 Å². The number of likely N-dealkylation sites (N-methyl/N-ethyl adjacent to an activating group) is 1. The third-order valence-corrected chi connectivity index (χ3v) is 5.37. The van der Waals surface area contributed by atoms with Crippen molar-refractivity contribution in [1.82, 2.24) is 20.0 Å². The second kappa shape index (κ2) is 10.8. The van der Waals surface area contributed by atoms with E-state index in [4.69, 9.17) is 0 Å². The molecule has 1 atom stereocenters. The van der Waals surface area contributed by atoms with Gasteiger partial charge in [-0.15, -0.1) is 0 Å². The average molecular weight is 414 g/mol. The quantitative estimate of drug-likeness (QED) is 0.551. The SMILES string of the molecule is CCN1CCN(CC(C)CNC(=NC)N(C)Cc2ccc(C(F)(F)F)cc2)CC1. The second-order valence-electron chi connectivity index (χ2n) is 7.82. The van der Waals surface area contributed by atoms with Crippen LogP contribution in [0.25, 0.3) is 0 Å². The minimum atomic E-state index is -4.30. The largest absolute Gasteiger partial charge is 0.416 e. The van der Waals surface area contributed by atoms with E-state index in [0.29, 0.717) is 12.5 Å². The van der Waals surface area contributed by atoms with Crippen molar-refractivity contribution >= 4 is 5.96 Å². The van der Waals surface area contributed by atoms with Gasteiger partial charge in [0.25, 0.3) is 0 Å². The summed E-state index contributed by atoms with van der Waals surface area (Å²) in [6.45, 7) is 12.4. The van der Waals surface area contributed by atoms with Gasteiger partial charge in [0.15, 0.2) is 5.96 Å². The number of halogens is 3. The molecule has 0 saturated carbocycles. The molecule has 0 spiro atoms. The summed E-state index contributed by atoms with van der Waals surface area (Å²) in [6.07, 6.45) is -4.30. The first-order chi connectivity index (χ1) is 13.7. The Morgan fingerprint density at radius 2 is 1.72 bits per heavy atom. The molecular weight excluding hydrogens is 379 g/mol. The standard InChI is InChI=1S/C21H34F3N5/c1-5-28-10-12-29(13-11-28)15-17(2)14-26-20(25-3)27(4)16-18-6-8-19(9-7-18)21(22,23)24/h6-9,17H,5,10-16H2,1-4H3,(H,25,26). The lowest BCUT2D eigenvalue weighted by molar-refractivity contribution is -0.137. The number of nitrogens with one attached hydrogen (secondary N) is 1. The Balaban J connectivity index is 1.78. The lowest BCUT2D eigenvalue weighted by atomic mass is 10.1. The van der Waals surface area contributed by atoms with Crippen molar-refractivity contribution in [3.05, 3.63) is 35.4 Å². The van der Waals surface area contributed by atoms with Gasteiger partial charge in [-0.25, -0.2) is 0 Å². The summed E-state index contributed by atoms with van der Waals surface area (Å²) in [7, 11) is 3.61. The third kappa shape index (κ3) is 7.51. The van der Waals surface area contributed by atoms with Crippen LogP contribution >= 0.6 is 0 Å². The predicted octanol–water partition coefficient (Wildman–Crippen LogP) is 2.99. The lowest BCUT2D eigenvalue weighted by Gasteiger charge is -2.35. The van der Waals surface area contributed by atoms with E-state index in [1.54, 1.807) is 7.05 Å². The summed E-state index contributed by atoms with van der Waals surface area (Å²) in [5.74, 6) is 1.21. The summed E-state index contributed by atoms with van der Waals surface area (Å²) < 4.78 is 38.1. The molecule has 1 unspecified atom stereocenters. The smallest absolute Gasteiger partial charge is 0.356 e. The van der Waals surface area contributed by atoms with E-state index in [-0.39, 0.29) is 0 Å². The molecule has 0 bridgehead atoms. The highest BCUT2D eigenvalue weighted by Gasteiger charge is 2.30. The van der Waals surface area contributed by atoms with Crippen LogP contribution in [0.4, 0.5) is 13.2 Å². The Kier molecular flexibility index (Phi) is 8.77. The highest BCUT2D eigenvalue weighted by Crippen LogP contribution is 2.29. The van der Waals surface area contributed by atoms with Crippen LogP contribution in [0.15, 0.2) is 29.3 Å². The summed E-state index contributed by atoms with van der Waals surface area (Å²) in [4.78, 5) is 11.2. The van der Waals surface area contributed by atoms with Gasteiger partial charge in [-0.05, 0) is 30.2 Å². The highest BCUT2D eigenvalue weighted by molar-refractivity contribution is 5.79. The van der Waals surface area contributed by atoms with Crippen LogP contribution in [0.3, 0.4) is 0 Å². The molecule has 2 rings (SSSR count). The van der Waals surface area contributed by atoms with E-state index in [9.17, 15) is 13.2 Å². The van der Waals surface area contributed by atoms with Crippen molar-refractivity contribution in [2.24, 2.45) is 10.9 Å². The molecule has 1 fully saturated rings. The minimum Gasteiger partial charge on any atom is -0.356 e. The number of nitrogens with zero attached hydrogens (tertiary/aromatic N) is 4. The molecule has 1 aliphatic rings. The predicted molar refractivity (Wildman–Crippen MR) is 112 cm³/mol. The van der Waals surface area contributed by atoms with Crippen LogP contribution in [0.5, 0.6) is 0 Å². The second-order valence-corrected chi connectivity index (χ2v) is 7.82. The Morgan fingerprint density at radius 3 is 2.24 bits per heavy atom. The monoisotopic (exact) mass is 413 g/mol. The van der Waals surface area contributed by atoms with Crippen molar-refractivity contribution in [3.8, 4) is 0 Å². The summed E-state index contributed by atoms with van der Waals surface area (Å²) in [5, 5.41) is 3.39. The number of piperazine rings is 1. The Hall–Kier alpha value is -1.80. The fraction of sp³-hybridized carbons (Fsp3) is 0.667. The number of benzene rings is 1. The zero-order valence-electron chi connectivity index (χ0n) is 18.0. The molecule has 164 valence electrons. The molecule has 29 heavy (non-hydrogen) atoms. The number of guanidine groups is 1. The van der Waals surface area contributed by atoms with E-state index in [1.807, 2.05) is 11.9 Å². The van der Waals surface area contributed by atoms with Gasteiger partial charge in [0.2, 0.25) is 0 Å². The molecule has 0 radical (unpaired) electrons. The van der Waals surface area contributed by atoms with Gasteiger partial charge in [0.1, 0.15) is 0 Å². The minimum absolute atomic E-state index is 0.472. The van der Waals surface area contributed by atoms with Crippen molar-refractivity contribution in [1.29, 1.82) is 0 Å². The Bertz CT molecular complexity index is 637. The normalized spacial score (nSPS) is 18.0. The highest BCUT2D eigenvalue weighted by atomic mass is 19.4. The first kappa shape index (κ1) is 23.5. The molecule has 1 aliphatic heterocycles. The maximum atomic E-state index is 12.7. The number of hydrogen-bond donors (Lipinski definition) is 1. The van der Waals surface area contributed by atoms with Crippen molar-refractivity contribution in [3.63, 3.8) is 0 Å². The van der Waals surface area contributed by atoms with Gasteiger partial charge in [0, 0.05) is 59.9 Å². The maximum absolute atomic E-state index is 12.7. The zero-order chi connectivity index (χ0) is 21.4. The molecule has 1 aromatic rings. The molecule has 8 heteroatoms. The molecule has 1 heterocycles. The number of rotatable bonds is 7. The van der Waals surface area contributed by atoms with Crippen molar-refractivity contribution < 1.29 is 13.2 Å². The third-order valence-electron chi connectivity index (χ3n) is 5.37. The molecule has 1 aromatic carbocycles. The zero-order valence-corrected chi connectivity index (χ0v) is 18.0. The van der Waals surface area contributed by atoms with E-state index >= 15 is 0 Å². The van der Waals surface area contributed by atoms with Crippen molar-refractivity contribution in [2.45, 2.75) is 26.6 Å². The average Bonchev–Trinajstić information content (AvgIpc) is 2.68. The number of aliphatic imine (C=N–C) groups is 1. The number of hydrogen-bond acceptors (Lipinski definition) is 3. The van der Waals surface area contributed by atoms with Gasteiger partial charge in [-0.3, -0.25) is 4.99 Å². The fourth-order valence-corrected chi connectivity index (χ4v) is 3.59. The van der Waals surface area contributed by atoms with Crippen molar-refractivity contribution in [2.75, 3.05) is 59.9 Å². The summed E-state index contributed by atoms with van der Waals surface area (Å²) >= 11 is 0. The molecular formula is C21H34F3N5. The van der Waals surface area contributed by atoms with E-state index in [2.05, 4.69) is 34.0 Å². The van der Waals surface area contributed by atoms with Crippen LogP contribution < -0.4 is 5.32 Å². The van der Waals surface area contributed by atoms with E-state index in [1.165, 1.54) is 12.1 Å². The Morgan fingerprint density at radius 1 is 1.14 bits per heavy atom. The maximum Gasteiger partial charge on any atom is 0.416 e. The van der Waals surface area contributed by atoms with Crippen LogP contribution in [0, 0.1) is 5.92 Å². The first-order valence-electron chi connectivity index (χ1n) is 10.3. The van der Waals surface area contributed by atoms with Gasteiger partial charge in [-0.2, -0.15) is 13.2 Å². The molecule has 0 amide bonds. The van der Waals surface area contributed by atoms with Gasteiger partial charge in [0.05, 0.1) is 5.56 Å².